The van der Waals surface area contributed by atoms with Gasteiger partial charge in [-0.25, -0.2) is 0 Å². The summed E-state index contributed by atoms with van der Waals surface area (Å²) in [4.78, 5) is 2.36. The number of hydrogen-bond acceptors (Lipinski definition) is 2. The van der Waals surface area contributed by atoms with Gasteiger partial charge >= 0.3 is 0 Å². The molecule has 3 heteroatoms. The van der Waals surface area contributed by atoms with Crippen LogP contribution in [0.15, 0.2) is 97.1 Å². The van der Waals surface area contributed by atoms with Crippen molar-refractivity contribution in [1.29, 1.82) is 0 Å². The van der Waals surface area contributed by atoms with E-state index in [2.05, 4.69) is 89.8 Å². The number of benzene rings is 4. The predicted octanol–water partition coefficient (Wildman–Crippen LogP) is 4.09. The van der Waals surface area contributed by atoms with E-state index in [1.54, 1.807) is 0 Å². The van der Waals surface area contributed by atoms with Crippen molar-refractivity contribution in [3.63, 3.8) is 0 Å². The Morgan fingerprint density at radius 2 is 1.22 bits per heavy atom. The molecule has 0 amide bonds. The smallest absolute Gasteiger partial charge is 0.246 e. The molecule has 6 rings (SSSR count). The molecular weight excluding hydrogens is 329 g/mol. The molecule has 0 spiro atoms. The van der Waals surface area contributed by atoms with Crippen molar-refractivity contribution in [2.24, 2.45) is 0 Å². The second kappa shape index (κ2) is 5.52. The van der Waals surface area contributed by atoms with E-state index < -0.39 is 0 Å². The number of nitrogens with zero attached hydrogens (tertiary/aromatic N) is 1. The van der Waals surface area contributed by atoms with Crippen molar-refractivity contribution in [2.45, 2.75) is 0 Å². The van der Waals surface area contributed by atoms with Crippen LogP contribution in [0.3, 0.4) is 0 Å². The number of fused-ring (bicyclic) bond motifs is 4. The third-order valence-corrected chi connectivity index (χ3v) is 5.51. The predicted molar refractivity (Wildman–Crippen MR) is 112 cm³/mol. The van der Waals surface area contributed by atoms with Crippen molar-refractivity contribution in [3.05, 3.63) is 97.1 Å². The van der Waals surface area contributed by atoms with Gasteiger partial charge in [0.05, 0.1) is 11.4 Å². The van der Waals surface area contributed by atoms with Gasteiger partial charge in [0, 0.05) is 5.69 Å². The molecule has 4 aromatic carbocycles. The van der Waals surface area contributed by atoms with Crippen molar-refractivity contribution in [2.75, 3.05) is 4.90 Å². The zero-order valence-corrected chi connectivity index (χ0v) is 14.7. The highest BCUT2D eigenvalue weighted by Crippen LogP contribution is 2.50. The Hall–Kier alpha value is -3.46. The third kappa shape index (κ3) is 2.03. The standard InChI is InChI=1S/C24H16BNO/c1-2-9-17(10-3-1)25-18-11-4-5-13-20(18)26-21-14-6-7-15-22(21)27-23-16-8-12-19(25)24(23)26/h1-16H. The van der Waals surface area contributed by atoms with E-state index >= 15 is 0 Å². The average Bonchev–Trinajstić information content (AvgIpc) is 2.74. The van der Waals surface area contributed by atoms with Crippen LogP contribution in [-0.2, 0) is 0 Å². The van der Waals surface area contributed by atoms with Crippen LogP contribution >= 0.6 is 0 Å². The molecule has 0 fully saturated rings. The molecule has 0 aromatic heterocycles. The van der Waals surface area contributed by atoms with Crippen LogP contribution in [0, 0.1) is 0 Å². The molecule has 2 aliphatic rings. The summed E-state index contributed by atoms with van der Waals surface area (Å²) in [6.45, 7) is 0.197. The zero-order chi connectivity index (χ0) is 17.8. The Bertz CT molecular complexity index is 1170. The molecule has 0 radical (unpaired) electrons. The second-order valence-corrected chi connectivity index (χ2v) is 7.00. The number of hydrogen-bond donors (Lipinski definition) is 0. The second-order valence-electron chi connectivity index (χ2n) is 7.00. The number of rotatable bonds is 1. The van der Waals surface area contributed by atoms with Gasteiger partial charge in [-0.05, 0) is 35.2 Å². The SMILES string of the molecule is c1ccc(B2c3ccccc3N3c4ccccc4Oc4cccc2c43)cc1. The third-order valence-electron chi connectivity index (χ3n) is 5.51. The molecule has 0 aliphatic carbocycles. The topological polar surface area (TPSA) is 12.5 Å². The van der Waals surface area contributed by atoms with Gasteiger partial charge in [-0.2, -0.15) is 0 Å². The Labute approximate surface area is 158 Å². The highest BCUT2D eigenvalue weighted by Gasteiger charge is 2.39. The Morgan fingerprint density at radius 1 is 0.556 bits per heavy atom. The minimum Gasteiger partial charge on any atom is -0.453 e. The Kier molecular flexibility index (Phi) is 3.00. The largest absolute Gasteiger partial charge is 0.453 e. The summed E-state index contributed by atoms with van der Waals surface area (Å²) in [6.07, 6.45) is 0. The van der Waals surface area contributed by atoms with Crippen LogP contribution in [0.4, 0.5) is 17.1 Å². The molecule has 2 heterocycles. The number of ether oxygens (including phenoxy) is 1. The minimum atomic E-state index is 0.197. The lowest BCUT2D eigenvalue weighted by Crippen LogP contribution is -2.57. The van der Waals surface area contributed by atoms with E-state index in [1.807, 2.05) is 12.1 Å². The minimum absolute atomic E-state index is 0.197. The molecule has 0 atom stereocenters. The van der Waals surface area contributed by atoms with Crippen LogP contribution in [0.5, 0.6) is 11.5 Å². The maximum absolute atomic E-state index is 6.28. The highest BCUT2D eigenvalue weighted by atomic mass is 16.5. The van der Waals surface area contributed by atoms with Crippen LogP contribution in [0.25, 0.3) is 0 Å². The van der Waals surface area contributed by atoms with Crippen LogP contribution in [0.2, 0.25) is 0 Å². The van der Waals surface area contributed by atoms with Crippen molar-refractivity contribution in [3.8, 4) is 11.5 Å². The number of anilines is 3. The molecule has 0 saturated heterocycles. The Balaban J connectivity index is 1.70. The van der Waals surface area contributed by atoms with Crippen molar-refractivity contribution in [1.82, 2.24) is 0 Å². The summed E-state index contributed by atoms with van der Waals surface area (Å²) in [7, 11) is 0. The molecule has 2 nitrogen and oxygen atoms in total. The first-order valence-corrected chi connectivity index (χ1v) is 9.25. The lowest BCUT2D eigenvalue weighted by atomic mass is 9.35. The fourth-order valence-electron chi connectivity index (χ4n) is 4.42. The van der Waals surface area contributed by atoms with Gasteiger partial charge < -0.3 is 9.64 Å². The van der Waals surface area contributed by atoms with Gasteiger partial charge in [0.15, 0.2) is 11.5 Å². The fourth-order valence-corrected chi connectivity index (χ4v) is 4.42. The summed E-state index contributed by atoms with van der Waals surface area (Å²) in [5.74, 6) is 1.82. The normalized spacial score (nSPS) is 13.3. The lowest BCUT2D eigenvalue weighted by Gasteiger charge is -2.40. The van der Waals surface area contributed by atoms with Gasteiger partial charge in [-0.3, -0.25) is 0 Å². The quantitative estimate of drug-likeness (QED) is 0.416. The summed E-state index contributed by atoms with van der Waals surface area (Å²) in [5.41, 5.74) is 7.39. The van der Waals surface area contributed by atoms with Gasteiger partial charge in [-0.15, -0.1) is 0 Å². The zero-order valence-electron chi connectivity index (χ0n) is 14.7. The summed E-state index contributed by atoms with van der Waals surface area (Å²) in [6, 6.07) is 34.1. The molecule has 0 N–H and O–H groups in total. The summed E-state index contributed by atoms with van der Waals surface area (Å²) >= 11 is 0. The molecule has 4 aromatic rings. The maximum atomic E-state index is 6.28. The maximum Gasteiger partial charge on any atom is 0.246 e. The van der Waals surface area contributed by atoms with Crippen LogP contribution < -0.4 is 26.0 Å². The highest BCUT2D eigenvalue weighted by molar-refractivity contribution is 6.98. The van der Waals surface area contributed by atoms with Gasteiger partial charge in [-0.1, -0.05) is 78.3 Å². The van der Waals surface area contributed by atoms with E-state index in [1.165, 1.54) is 22.1 Å². The van der Waals surface area contributed by atoms with Crippen molar-refractivity contribution >= 4 is 40.2 Å². The molecule has 126 valence electrons. The van der Waals surface area contributed by atoms with Crippen LogP contribution in [0.1, 0.15) is 0 Å². The van der Waals surface area contributed by atoms with Gasteiger partial charge in [0.25, 0.3) is 0 Å². The summed E-state index contributed by atoms with van der Waals surface area (Å²) in [5, 5.41) is 0. The molecule has 0 saturated carbocycles. The molecular formula is C24H16BNO. The first-order valence-electron chi connectivity index (χ1n) is 9.25. The van der Waals surface area contributed by atoms with E-state index in [-0.39, 0.29) is 6.71 Å². The average molecular weight is 345 g/mol. The fraction of sp³-hybridized carbons (Fsp3) is 0. The van der Waals surface area contributed by atoms with Gasteiger partial charge in [0.1, 0.15) is 0 Å². The monoisotopic (exact) mass is 345 g/mol. The molecule has 0 unspecified atom stereocenters. The number of para-hydroxylation sites is 4. The molecule has 2 aliphatic heterocycles. The van der Waals surface area contributed by atoms with E-state index in [9.17, 15) is 0 Å². The first-order chi connectivity index (χ1) is 13.4. The molecule has 27 heavy (non-hydrogen) atoms. The van der Waals surface area contributed by atoms with E-state index in [4.69, 9.17) is 4.74 Å². The first kappa shape index (κ1) is 14.7. The van der Waals surface area contributed by atoms with Crippen molar-refractivity contribution < 1.29 is 4.74 Å². The lowest BCUT2D eigenvalue weighted by molar-refractivity contribution is 0.477. The summed E-state index contributed by atoms with van der Waals surface area (Å²) < 4.78 is 6.28. The van der Waals surface area contributed by atoms with Crippen LogP contribution in [-0.4, -0.2) is 6.71 Å². The van der Waals surface area contributed by atoms with E-state index in [0.29, 0.717) is 0 Å². The van der Waals surface area contributed by atoms with E-state index in [0.717, 1.165) is 22.9 Å². The Morgan fingerprint density at radius 3 is 2.11 bits per heavy atom. The molecule has 0 bridgehead atoms. The van der Waals surface area contributed by atoms with Gasteiger partial charge in [0.2, 0.25) is 6.71 Å².